The molecular formula is C14H11N3NaO2P. The van der Waals surface area contributed by atoms with Gasteiger partial charge in [-0.3, -0.25) is 9.55 Å². The first-order valence-corrected chi connectivity index (χ1v) is 7.63. The van der Waals surface area contributed by atoms with Crippen LogP contribution in [0.5, 0.6) is 0 Å². The van der Waals surface area contributed by atoms with Gasteiger partial charge in [-0.05, 0) is 12.1 Å². The number of aromatic nitrogens is 3. The fourth-order valence-corrected chi connectivity index (χ4v) is 3.43. The average Bonchev–Trinajstić information content (AvgIpc) is 2.99. The van der Waals surface area contributed by atoms with E-state index >= 15 is 0 Å². The second-order valence-electron chi connectivity index (χ2n) is 4.20. The molecule has 2 heterocycles. The van der Waals surface area contributed by atoms with Crippen LogP contribution < -0.4 is 45.3 Å². The van der Waals surface area contributed by atoms with Crippen molar-refractivity contribution in [2.24, 2.45) is 0 Å². The summed E-state index contributed by atoms with van der Waals surface area (Å²) in [6.07, 6.45) is 6.31. The molecule has 1 aromatic carbocycles. The van der Waals surface area contributed by atoms with E-state index in [0.29, 0.717) is 5.69 Å². The molecule has 0 radical (unpaired) electrons. The summed E-state index contributed by atoms with van der Waals surface area (Å²) in [5.41, 5.74) is 0.670. The Bertz CT molecular complexity index is 762. The molecule has 0 saturated carbocycles. The summed E-state index contributed by atoms with van der Waals surface area (Å²) < 4.78 is 14.1. The van der Waals surface area contributed by atoms with Crippen LogP contribution >= 0.6 is 7.37 Å². The van der Waals surface area contributed by atoms with Gasteiger partial charge in [0.15, 0.2) is 5.57 Å². The maximum absolute atomic E-state index is 12.6. The Labute approximate surface area is 144 Å². The Morgan fingerprint density at radius 1 is 1.05 bits per heavy atom. The van der Waals surface area contributed by atoms with Crippen molar-refractivity contribution in [3.05, 3.63) is 67.3 Å². The van der Waals surface area contributed by atoms with E-state index in [9.17, 15) is 9.46 Å². The molecule has 100 valence electrons. The van der Waals surface area contributed by atoms with Crippen LogP contribution in [0, 0.1) is 0 Å². The van der Waals surface area contributed by atoms with E-state index in [0.717, 1.165) is 0 Å². The molecule has 0 aliphatic rings. The standard InChI is InChI=1S/C14H12N3O2P.Na/c18-20(19,13-6-2-1-3-7-13)14-16-9-10-17(14)12-5-4-8-15-11-12;/h1-11H,(H,18,19);/q;+1/p-1. The van der Waals surface area contributed by atoms with E-state index in [1.54, 1.807) is 61.1 Å². The SMILES string of the molecule is O=P([O-])(c1ccccc1)c1nccn1-c1cccnc1.[Na+]. The molecule has 5 nitrogen and oxygen atoms in total. The molecule has 2 aromatic heterocycles. The summed E-state index contributed by atoms with van der Waals surface area (Å²) in [5, 5.41) is 0.247. The van der Waals surface area contributed by atoms with Crippen molar-refractivity contribution >= 4 is 18.2 Å². The molecule has 0 N–H and O–H groups in total. The Morgan fingerprint density at radius 2 is 1.81 bits per heavy atom. The van der Waals surface area contributed by atoms with E-state index in [2.05, 4.69) is 9.97 Å². The fraction of sp³-hybridized carbons (Fsp3) is 0. The van der Waals surface area contributed by atoms with Crippen LogP contribution in [0.2, 0.25) is 0 Å². The minimum Gasteiger partial charge on any atom is -0.790 e. The van der Waals surface area contributed by atoms with Crippen molar-refractivity contribution in [1.82, 2.24) is 14.5 Å². The van der Waals surface area contributed by atoms with E-state index in [1.165, 1.54) is 10.8 Å². The Hall–Kier alpha value is -1.23. The van der Waals surface area contributed by atoms with E-state index < -0.39 is 7.37 Å². The third-order valence-corrected chi connectivity index (χ3v) is 4.74. The molecule has 0 saturated heterocycles. The zero-order chi connectivity index (χ0) is 14.0. The van der Waals surface area contributed by atoms with Crippen LogP contribution in [0.1, 0.15) is 0 Å². The molecular weight excluding hydrogens is 296 g/mol. The van der Waals surface area contributed by atoms with Gasteiger partial charge in [-0.25, -0.2) is 4.98 Å². The van der Waals surface area contributed by atoms with Gasteiger partial charge in [0, 0.05) is 23.9 Å². The molecule has 1 atom stereocenters. The molecule has 0 fully saturated rings. The van der Waals surface area contributed by atoms with Crippen LogP contribution in [0.15, 0.2) is 67.3 Å². The Balaban J connectivity index is 0.00000161. The first kappa shape index (κ1) is 16.1. The molecule has 7 heteroatoms. The van der Waals surface area contributed by atoms with Gasteiger partial charge >= 0.3 is 29.6 Å². The molecule has 21 heavy (non-hydrogen) atoms. The number of imidazole rings is 1. The predicted octanol–water partition coefficient (Wildman–Crippen LogP) is -2.14. The molecule has 0 amide bonds. The number of hydrogen-bond donors (Lipinski definition) is 0. The van der Waals surface area contributed by atoms with Gasteiger partial charge < -0.3 is 9.46 Å². The molecule has 3 aromatic rings. The normalized spacial score (nSPS) is 13.2. The summed E-state index contributed by atoms with van der Waals surface area (Å²) in [5.74, 6) is 0. The predicted molar refractivity (Wildman–Crippen MR) is 74.7 cm³/mol. The molecule has 1 unspecified atom stereocenters. The number of hydrogen-bond acceptors (Lipinski definition) is 4. The first-order chi connectivity index (χ1) is 9.69. The van der Waals surface area contributed by atoms with E-state index in [4.69, 9.17) is 0 Å². The van der Waals surface area contributed by atoms with Crippen LogP contribution in [0.3, 0.4) is 0 Å². The zero-order valence-corrected chi connectivity index (χ0v) is 14.4. The van der Waals surface area contributed by atoms with Crippen molar-refractivity contribution in [2.45, 2.75) is 0 Å². The van der Waals surface area contributed by atoms with Crippen molar-refractivity contribution in [1.29, 1.82) is 0 Å². The molecule has 3 rings (SSSR count). The number of nitrogens with zero attached hydrogens (tertiary/aromatic N) is 3. The summed E-state index contributed by atoms with van der Waals surface area (Å²) in [4.78, 5) is 20.6. The summed E-state index contributed by atoms with van der Waals surface area (Å²) in [7, 11) is -3.98. The van der Waals surface area contributed by atoms with Gasteiger partial charge in [0.1, 0.15) is 7.37 Å². The number of rotatable bonds is 3. The summed E-state index contributed by atoms with van der Waals surface area (Å²) in [6.45, 7) is 0. The Kier molecular flexibility index (Phi) is 5.14. The van der Waals surface area contributed by atoms with Crippen molar-refractivity contribution in [2.75, 3.05) is 0 Å². The van der Waals surface area contributed by atoms with Gasteiger partial charge in [-0.2, -0.15) is 0 Å². The van der Waals surface area contributed by atoms with Crippen molar-refractivity contribution in [3.63, 3.8) is 0 Å². The van der Waals surface area contributed by atoms with Gasteiger partial charge in [-0.15, -0.1) is 0 Å². The maximum atomic E-state index is 12.6. The third-order valence-electron chi connectivity index (χ3n) is 2.90. The molecule has 0 aliphatic heterocycles. The van der Waals surface area contributed by atoms with Gasteiger partial charge in [0.2, 0.25) is 0 Å². The smallest absolute Gasteiger partial charge is 0.790 e. The van der Waals surface area contributed by atoms with Gasteiger partial charge in [-0.1, -0.05) is 30.3 Å². The zero-order valence-electron chi connectivity index (χ0n) is 11.5. The second kappa shape index (κ2) is 6.69. The second-order valence-corrected chi connectivity index (χ2v) is 6.21. The molecule has 0 spiro atoms. The maximum Gasteiger partial charge on any atom is 1.00 e. The number of pyridine rings is 1. The summed E-state index contributed by atoms with van der Waals surface area (Å²) in [6, 6.07) is 11.8. The summed E-state index contributed by atoms with van der Waals surface area (Å²) >= 11 is 0. The van der Waals surface area contributed by atoms with Crippen LogP contribution in [-0.2, 0) is 4.57 Å². The quantitative estimate of drug-likeness (QED) is 0.409. The first-order valence-electron chi connectivity index (χ1n) is 6.00. The van der Waals surface area contributed by atoms with Crippen LogP contribution in [0.4, 0.5) is 0 Å². The molecule has 0 bridgehead atoms. The largest absolute Gasteiger partial charge is 1.00 e. The van der Waals surface area contributed by atoms with E-state index in [-0.39, 0.29) is 40.4 Å². The van der Waals surface area contributed by atoms with Gasteiger partial charge in [0.05, 0.1) is 11.9 Å². The van der Waals surface area contributed by atoms with Crippen molar-refractivity contribution < 1.29 is 39.0 Å². The van der Waals surface area contributed by atoms with Crippen LogP contribution in [-0.4, -0.2) is 14.5 Å². The van der Waals surface area contributed by atoms with E-state index in [1.807, 2.05) is 0 Å². The number of benzene rings is 1. The average molecular weight is 307 g/mol. The Morgan fingerprint density at radius 3 is 2.48 bits per heavy atom. The van der Waals surface area contributed by atoms with Crippen molar-refractivity contribution in [3.8, 4) is 5.69 Å². The van der Waals surface area contributed by atoms with Gasteiger partial charge in [0.25, 0.3) is 0 Å². The third kappa shape index (κ3) is 3.18. The minimum atomic E-state index is -3.98. The topological polar surface area (TPSA) is 70.8 Å². The molecule has 0 aliphatic carbocycles. The van der Waals surface area contributed by atoms with Crippen LogP contribution in [0.25, 0.3) is 5.69 Å². The minimum absolute atomic E-state index is 0. The monoisotopic (exact) mass is 307 g/mol. The fourth-order valence-electron chi connectivity index (χ4n) is 1.95.